The van der Waals surface area contributed by atoms with E-state index in [1.165, 1.54) is 14.2 Å². The zero-order valence-corrected chi connectivity index (χ0v) is 17.8. The molecule has 1 aliphatic heterocycles. The Morgan fingerprint density at radius 1 is 0.966 bits per heavy atom. The van der Waals surface area contributed by atoms with E-state index in [4.69, 9.17) is 18.9 Å². The van der Waals surface area contributed by atoms with Gasteiger partial charge in [0.2, 0.25) is 10.0 Å². The van der Waals surface area contributed by atoms with Gasteiger partial charge in [0.05, 0.1) is 46.4 Å². The maximum atomic E-state index is 12.5. The molecule has 0 fully saturated rings. The molecule has 2 aromatic carbocycles. The normalized spacial score (nSPS) is 16.4. The number of benzene rings is 2. The Kier molecular flexibility index (Phi) is 5.88. The summed E-state index contributed by atoms with van der Waals surface area (Å²) in [6.07, 6.45) is 1.48. The van der Waals surface area contributed by atoms with Crippen molar-refractivity contribution in [2.45, 2.75) is 12.5 Å². The summed E-state index contributed by atoms with van der Waals surface area (Å²) in [5.41, 5.74) is 1.95. The van der Waals surface area contributed by atoms with Crippen molar-refractivity contribution in [3.8, 4) is 23.0 Å². The molecule has 1 heterocycles. The molecule has 0 N–H and O–H groups in total. The lowest BCUT2D eigenvalue weighted by Crippen LogP contribution is -2.26. The van der Waals surface area contributed by atoms with Gasteiger partial charge in [0.1, 0.15) is 11.5 Å². The minimum Gasteiger partial charge on any atom is -0.497 e. The van der Waals surface area contributed by atoms with E-state index in [1.807, 2.05) is 12.1 Å². The minimum absolute atomic E-state index is 0.347. The minimum atomic E-state index is -3.63. The predicted molar refractivity (Wildman–Crippen MR) is 110 cm³/mol. The molecule has 9 heteroatoms. The predicted octanol–water partition coefficient (Wildman–Crippen LogP) is 2.83. The molecule has 0 aromatic heterocycles. The summed E-state index contributed by atoms with van der Waals surface area (Å²) in [7, 11) is 2.55. The topological polar surface area (TPSA) is 86.7 Å². The molecular weight excluding hydrogens is 396 g/mol. The van der Waals surface area contributed by atoms with Crippen molar-refractivity contribution in [3.63, 3.8) is 0 Å². The van der Waals surface area contributed by atoms with Gasteiger partial charge < -0.3 is 18.9 Å². The highest BCUT2D eigenvalue weighted by Gasteiger charge is 2.37. The molecule has 3 rings (SSSR count). The van der Waals surface area contributed by atoms with E-state index in [-0.39, 0.29) is 0 Å². The summed E-state index contributed by atoms with van der Waals surface area (Å²) in [4.78, 5) is 0. The summed E-state index contributed by atoms with van der Waals surface area (Å²) in [5, 5.41) is 4.43. The van der Waals surface area contributed by atoms with Crippen LogP contribution in [-0.4, -0.2) is 53.2 Å². The third-order valence-corrected chi connectivity index (χ3v) is 5.74. The molecule has 1 atom stereocenters. The van der Waals surface area contributed by atoms with Crippen LogP contribution in [0.2, 0.25) is 0 Å². The number of nitrogens with zero attached hydrogens (tertiary/aromatic N) is 2. The molecule has 156 valence electrons. The Morgan fingerprint density at radius 2 is 1.69 bits per heavy atom. The third kappa shape index (κ3) is 3.95. The molecule has 0 bridgehead atoms. The standard InChI is InChI=1S/C20H24N2O6S/c1-25-13-9-10-15(19(11-13)27-3)17-12-16(21-22(17)29(5,23)24)14-7-6-8-18(26-2)20(14)28-4/h6-11,17H,12H2,1-5H3. The van der Waals surface area contributed by atoms with Gasteiger partial charge in [-0.25, -0.2) is 8.42 Å². The van der Waals surface area contributed by atoms with Crippen LogP contribution in [0.25, 0.3) is 0 Å². The number of hydrogen-bond donors (Lipinski definition) is 0. The lowest BCUT2D eigenvalue weighted by Gasteiger charge is -2.23. The van der Waals surface area contributed by atoms with Crippen LogP contribution in [0.5, 0.6) is 23.0 Å². The van der Waals surface area contributed by atoms with E-state index in [1.54, 1.807) is 38.5 Å². The van der Waals surface area contributed by atoms with Crippen LogP contribution in [0.1, 0.15) is 23.6 Å². The van der Waals surface area contributed by atoms with E-state index in [2.05, 4.69) is 5.10 Å². The first-order valence-corrected chi connectivity index (χ1v) is 10.7. The Bertz CT molecular complexity index is 1040. The number of hydrazone groups is 1. The Balaban J connectivity index is 2.10. The van der Waals surface area contributed by atoms with Gasteiger partial charge in [0.25, 0.3) is 0 Å². The molecule has 0 aliphatic carbocycles. The van der Waals surface area contributed by atoms with Crippen LogP contribution in [0.15, 0.2) is 41.5 Å². The quantitative estimate of drug-likeness (QED) is 0.685. The molecule has 2 aromatic rings. The summed E-state index contributed by atoms with van der Waals surface area (Å²) in [5.74, 6) is 2.19. The van der Waals surface area contributed by atoms with E-state index in [9.17, 15) is 8.42 Å². The number of sulfonamides is 1. The van der Waals surface area contributed by atoms with Crippen LogP contribution in [0.3, 0.4) is 0 Å². The zero-order chi connectivity index (χ0) is 21.2. The van der Waals surface area contributed by atoms with Gasteiger partial charge in [0.15, 0.2) is 11.5 Å². The van der Waals surface area contributed by atoms with E-state index in [0.717, 1.165) is 10.7 Å². The fourth-order valence-corrected chi connectivity index (χ4v) is 4.29. The van der Waals surface area contributed by atoms with Gasteiger partial charge in [-0.2, -0.15) is 9.52 Å². The third-order valence-electron chi connectivity index (χ3n) is 4.73. The van der Waals surface area contributed by atoms with Gasteiger partial charge >= 0.3 is 0 Å². The highest BCUT2D eigenvalue weighted by molar-refractivity contribution is 7.88. The van der Waals surface area contributed by atoms with Crippen LogP contribution in [0, 0.1) is 0 Å². The summed E-state index contributed by atoms with van der Waals surface area (Å²) in [6.45, 7) is 0. The first-order chi connectivity index (χ1) is 13.8. The van der Waals surface area contributed by atoms with Crippen LogP contribution < -0.4 is 18.9 Å². The van der Waals surface area contributed by atoms with Crippen molar-refractivity contribution >= 4 is 15.7 Å². The SMILES string of the molecule is COc1ccc(C2CC(c3cccc(OC)c3OC)=NN2S(C)(=O)=O)c(OC)c1. The van der Waals surface area contributed by atoms with Gasteiger partial charge in [-0.1, -0.05) is 6.07 Å². The zero-order valence-electron chi connectivity index (χ0n) is 17.0. The Morgan fingerprint density at radius 3 is 2.28 bits per heavy atom. The largest absolute Gasteiger partial charge is 0.497 e. The Hall–Kier alpha value is -2.94. The van der Waals surface area contributed by atoms with Gasteiger partial charge in [-0.15, -0.1) is 0 Å². The number of para-hydroxylation sites is 1. The van der Waals surface area contributed by atoms with Crippen LogP contribution in [-0.2, 0) is 10.0 Å². The van der Waals surface area contributed by atoms with Crippen molar-refractivity contribution in [1.29, 1.82) is 0 Å². The van der Waals surface area contributed by atoms with Crippen molar-refractivity contribution in [2.24, 2.45) is 5.10 Å². The molecule has 8 nitrogen and oxygen atoms in total. The lowest BCUT2D eigenvalue weighted by molar-refractivity contribution is 0.348. The molecule has 29 heavy (non-hydrogen) atoms. The van der Waals surface area contributed by atoms with Crippen molar-refractivity contribution < 1.29 is 27.4 Å². The van der Waals surface area contributed by atoms with E-state index in [0.29, 0.717) is 46.3 Å². The highest BCUT2D eigenvalue weighted by atomic mass is 32.2. The van der Waals surface area contributed by atoms with E-state index < -0.39 is 16.1 Å². The molecule has 0 radical (unpaired) electrons. The molecule has 1 unspecified atom stereocenters. The molecule has 0 saturated carbocycles. The fraction of sp³-hybridized carbons (Fsp3) is 0.350. The number of methoxy groups -OCH3 is 4. The van der Waals surface area contributed by atoms with Gasteiger partial charge in [-0.3, -0.25) is 0 Å². The molecule has 0 spiro atoms. The first-order valence-electron chi connectivity index (χ1n) is 8.84. The lowest BCUT2D eigenvalue weighted by atomic mass is 9.97. The van der Waals surface area contributed by atoms with Crippen LogP contribution in [0.4, 0.5) is 0 Å². The Labute approximate surface area is 170 Å². The molecule has 0 amide bonds. The molecule has 0 saturated heterocycles. The monoisotopic (exact) mass is 420 g/mol. The van der Waals surface area contributed by atoms with Gasteiger partial charge in [0, 0.05) is 23.6 Å². The fourth-order valence-electron chi connectivity index (χ4n) is 3.40. The summed E-state index contributed by atoms with van der Waals surface area (Å²) in [6, 6.07) is 10.1. The van der Waals surface area contributed by atoms with Crippen molar-refractivity contribution in [2.75, 3.05) is 34.7 Å². The number of rotatable bonds is 7. The number of hydrogen-bond acceptors (Lipinski definition) is 7. The summed E-state index contributed by atoms with van der Waals surface area (Å²) >= 11 is 0. The van der Waals surface area contributed by atoms with Crippen molar-refractivity contribution in [3.05, 3.63) is 47.5 Å². The second-order valence-electron chi connectivity index (χ2n) is 6.45. The molecule has 1 aliphatic rings. The van der Waals surface area contributed by atoms with Crippen molar-refractivity contribution in [1.82, 2.24) is 4.41 Å². The second kappa shape index (κ2) is 8.20. The second-order valence-corrected chi connectivity index (χ2v) is 8.29. The average Bonchev–Trinajstić information content (AvgIpc) is 3.18. The summed E-state index contributed by atoms with van der Waals surface area (Å²) < 4.78 is 47.7. The highest BCUT2D eigenvalue weighted by Crippen LogP contribution is 2.42. The number of ether oxygens (including phenoxy) is 4. The van der Waals surface area contributed by atoms with E-state index >= 15 is 0 Å². The average molecular weight is 420 g/mol. The smallest absolute Gasteiger partial charge is 0.247 e. The van der Waals surface area contributed by atoms with Crippen LogP contribution >= 0.6 is 0 Å². The maximum absolute atomic E-state index is 12.5. The first kappa shape index (κ1) is 20.8. The molecular formula is C20H24N2O6S. The van der Waals surface area contributed by atoms with Gasteiger partial charge in [-0.05, 0) is 24.3 Å². The maximum Gasteiger partial charge on any atom is 0.247 e.